The predicted molar refractivity (Wildman–Crippen MR) is 390 cm³/mol. The molecule has 0 atom stereocenters. The van der Waals surface area contributed by atoms with Crippen molar-refractivity contribution in [3.8, 4) is 78.4 Å². The molecule has 0 aliphatic heterocycles. The SMILES string of the molecule is Cc1ccc(-n2c3ccccc3c3cc(-c4cc(-c5cc(-c6ccc7c(c6)c6ccccc6n7-c6ccc(C)cc6)cc(-c6ccc7c(c6)c6ccccc6n7-c6ccc(C)cc6)c5)cc(-c5ccc6c(c5)c5ccccc5n6-c5ccc(C)cc5)c4)ccc32)cc1. The van der Waals surface area contributed by atoms with Gasteiger partial charge in [0.25, 0.3) is 0 Å². The Morgan fingerprint density at radius 2 is 0.337 bits per heavy atom. The Bertz CT molecular complexity index is 5270. The molecule has 0 aliphatic carbocycles. The summed E-state index contributed by atoms with van der Waals surface area (Å²) in [6, 6.07) is 114. The summed E-state index contributed by atoms with van der Waals surface area (Å²) in [5, 5.41) is 9.80. The zero-order valence-corrected chi connectivity index (χ0v) is 51.7. The first kappa shape index (κ1) is 53.3. The topological polar surface area (TPSA) is 19.7 Å². The van der Waals surface area contributed by atoms with Crippen molar-refractivity contribution in [1.82, 2.24) is 18.3 Å². The van der Waals surface area contributed by atoms with Crippen LogP contribution in [0.15, 0.2) is 303 Å². The van der Waals surface area contributed by atoms with Crippen LogP contribution in [0.2, 0.25) is 0 Å². The highest BCUT2D eigenvalue weighted by Gasteiger charge is 2.21. The molecule has 4 aromatic heterocycles. The van der Waals surface area contributed by atoms with Gasteiger partial charge in [-0.05, 0) is 241 Å². The minimum absolute atomic E-state index is 1.14. The Morgan fingerprint density at radius 1 is 0.152 bits per heavy atom. The van der Waals surface area contributed by atoms with Gasteiger partial charge < -0.3 is 18.3 Å². The fourth-order valence-corrected chi connectivity index (χ4v) is 14.8. The van der Waals surface area contributed by atoms with Gasteiger partial charge in [0.2, 0.25) is 0 Å². The van der Waals surface area contributed by atoms with Crippen molar-refractivity contribution in [3.05, 3.63) is 326 Å². The minimum Gasteiger partial charge on any atom is -0.309 e. The van der Waals surface area contributed by atoms with E-state index in [1.807, 2.05) is 0 Å². The van der Waals surface area contributed by atoms with Gasteiger partial charge >= 0.3 is 0 Å². The summed E-state index contributed by atoms with van der Waals surface area (Å²) >= 11 is 0. The molecule has 0 unspecified atom stereocenters. The first-order valence-electron chi connectivity index (χ1n) is 31.9. The van der Waals surface area contributed by atoms with Gasteiger partial charge in [-0.15, -0.1) is 0 Å². The van der Waals surface area contributed by atoms with E-state index in [2.05, 4.69) is 349 Å². The summed E-state index contributed by atoms with van der Waals surface area (Å²) < 4.78 is 9.67. The molecular weight excluding hydrogens is 1110 g/mol. The fourth-order valence-electron chi connectivity index (χ4n) is 14.8. The van der Waals surface area contributed by atoms with E-state index in [0.717, 1.165) is 78.4 Å². The maximum Gasteiger partial charge on any atom is 0.0541 e. The van der Waals surface area contributed by atoms with E-state index >= 15 is 0 Å². The van der Waals surface area contributed by atoms with Crippen LogP contribution in [0.5, 0.6) is 0 Å². The van der Waals surface area contributed by atoms with Crippen LogP contribution in [0.25, 0.3) is 166 Å². The number of nitrogens with zero attached hydrogens (tertiary/aromatic N) is 4. The summed E-state index contributed by atoms with van der Waals surface area (Å²) in [5.74, 6) is 0. The van der Waals surface area contributed by atoms with Gasteiger partial charge in [0.1, 0.15) is 0 Å². The van der Waals surface area contributed by atoms with Gasteiger partial charge in [-0.3, -0.25) is 0 Å². The van der Waals surface area contributed by atoms with Gasteiger partial charge in [-0.25, -0.2) is 0 Å². The third kappa shape index (κ3) is 8.66. The van der Waals surface area contributed by atoms with Gasteiger partial charge in [0, 0.05) is 65.8 Å². The third-order valence-corrected chi connectivity index (χ3v) is 19.4. The summed E-state index contributed by atoms with van der Waals surface area (Å²) in [7, 11) is 0. The molecule has 0 spiro atoms. The Balaban J connectivity index is 0.879. The maximum absolute atomic E-state index is 2.44. The monoisotopic (exact) mass is 1170 g/mol. The molecule has 434 valence electrons. The van der Waals surface area contributed by atoms with Crippen LogP contribution < -0.4 is 0 Å². The molecule has 0 saturated carbocycles. The number of aryl methyl sites for hydroxylation is 4. The molecule has 0 N–H and O–H groups in total. The average molecular weight is 1180 g/mol. The smallest absolute Gasteiger partial charge is 0.0541 e. The lowest BCUT2D eigenvalue weighted by Gasteiger charge is -2.16. The lowest BCUT2D eigenvalue weighted by molar-refractivity contribution is 1.17. The Kier molecular flexibility index (Phi) is 12.1. The minimum atomic E-state index is 1.14. The second-order valence-corrected chi connectivity index (χ2v) is 25.3. The molecule has 14 aromatic carbocycles. The molecule has 0 aliphatic rings. The first-order chi connectivity index (χ1) is 45.2. The lowest BCUT2D eigenvalue weighted by Crippen LogP contribution is -1.94. The number of fused-ring (bicyclic) bond motifs is 12. The summed E-state index contributed by atoms with van der Waals surface area (Å²) in [5.41, 5.74) is 30.6. The number of hydrogen-bond acceptors (Lipinski definition) is 0. The Morgan fingerprint density at radius 3 is 0.554 bits per heavy atom. The summed E-state index contributed by atoms with van der Waals surface area (Å²) in [4.78, 5) is 0. The van der Waals surface area contributed by atoms with Crippen LogP contribution in [0.4, 0.5) is 0 Å². The van der Waals surface area contributed by atoms with Crippen LogP contribution in [0.3, 0.4) is 0 Å². The number of para-hydroxylation sites is 4. The average Bonchev–Trinajstić information content (AvgIpc) is 1.61. The van der Waals surface area contributed by atoms with Crippen LogP contribution in [0, 0.1) is 27.7 Å². The Labute approximate surface area is 534 Å². The van der Waals surface area contributed by atoms with Crippen molar-refractivity contribution in [3.63, 3.8) is 0 Å². The number of benzene rings is 14. The van der Waals surface area contributed by atoms with E-state index < -0.39 is 0 Å². The highest BCUT2D eigenvalue weighted by Crippen LogP contribution is 2.44. The first-order valence-corrected chi connectivity index (χ1v) is 31.9. The molecular formula is C88H62N4. The normalized spacial score (nSPS) is 11.9. The Hall–Kier alpha value is -11.7. The molecule has 0 amide bonds. The van der Waals surface area contributed by atoms with E-state index in [1.165, 1.54) is 109 Å². The van der Waals surface area contributed by atoms with Crippen LogP contribution in [-0.2, 0) is 0 Å². The third-order valence-electron chi connectivity index (χ3n) is 19.4. The quantitative estimate of drug-likeness (QED) is 0.137. The highest BCUT2D eigenvalue weighted by molar-refractivity contribution is 6.14. The fraction of sp³-hybridized carbons (Fsp3) is 0.0455. The van der Waals surface area contributed by atoms with Crippen LogP contribution in [0.1, 0.15) is 22.3 Å². The van der Waals surface area contributed by atoms with Crippen molar-refractivity contribution < 1.29 is 0 Å². The molecule has 4 heterocycles. The standard InChI is InChI=1S/C88H62N4/c1-55-21-33-69(34-22-55)89-81-17-9-5-13-73(81)77-51-59(29-41-85(77)89)63-45-64(60-30-42-86-78(52-60)74-14-6-10-18-82(74)90(86)70-35-23-56(2)24-36-70)48-67(47-63)68-49-65(61-31-43-87-79(53-61)75-15-7-11-19-83(75)91(87)71-37-25-57(3)26-38-71)46-66(50-68)62-32-44-88-80(54-62)76-16-8-12-20-84(76)92(88)72-39-27-58(4)28-40-72/h5-54H,1-4H3. The van der Waals surface area contributed by atoms with E-state index in [0.29, 0.717) is 0 Å². The van der Waals surface area contributed by atoms with Crippen LogP contribution in [-0.4, -0.2) is 18.3 Å². The predicted octanol–water partition coefficient (Wildman–Crippen LogP) is 23.6. The molecule has 18 rings (SSSR count). The van der Waals surface area contributed by atoms with Crippen molar-refractivity contribution in [2.45, 2.75) is 27.7 Å². The van der Waals surface area contributed by atoms with Crippen molar-refractivity contribution >= 4 is 87.2 Å². The molecule has 92 heavy (non-hydrogen) atoms. The van der Waals surface area contributed by atoms with Gasteiger partial charge in [0.05, 0.1) is 44.1 Å². The zero-order chi connectivity index (χ0) is 61.3. The molecule has 0 saturated heterocycles. The molecule has 0 fully saturated rings. The lowest BCUT2D eigenvalue weighted by atomic mass is 9.89. The van der Waals surface area contributed by atoms with Gasteiger partial charge in [-0.2, -0.15) is 0 Å². The number of hydrogen-bond donors (Lipinski definition) is 0. The molecule has 4 nitrogen and oxygen atoms in total. The summed E-state index contributed by atoms with van der Waals surface area (Å²) in [6.45, 7) is 8.62. The van der Waals surface area contributed by atoms with Crippen LogP contribution >= 0.6 is 0 Å². The van der Waals surface area contributed by atoms with E-state index in [1.54, 1.807) is 0 Å². The molecule has 18 aromatic rings. The molecule has 4 heteroatoms. The summed E-state index contributed by atoms with van der Waals surface area (Å²) in [6.07, 6.45) is 0. The maximum atomic E-state index is 2.44. The van der Waals surface area contributed by atoms with Crippen molar-refractivity contribution in [2.24, 2.45) is 0 Å². The van der Waals surface area contributed by atoms with Gasteiger partial charge in [-0.1, -0.05) is 168 Å². The molecule has 0 bridgehead atoms. The second kappa shape index (κ2) is 20.9. The zero-order valence-electron chi connectivity index (χ0n) is 51.7. The molecule has 0 radical (unpaired) electrons. The second-order valence-electron chi connectivity index (χ2n) is 25.3. The van der Waals surface area contributed by atoms with Gasteiger partial charge in [0.15, 0.2) is 0 Å². The highest BCUT2D eigenvalue weighted by atomic mass is 15.0. The number of aromatic nitrogens is 4. The van der Waals surface area contributed by atoms with Crippen molar-refractivity contribution in [1.29, 1.82) is 0 Å². The van der Waals surface area contributed by atoms with E-state index in [4.69, 9.17) is 0 Å². The largest absolute Gasteiger partial charge is 0.309 e. The number of rotatable bonds is 9. The van der Waals surface area contributed by atoms with E-state index in [-0.39, 0.29) is 0 Å². The van der Waals surface area contributed by atoms with E-state index in [9.17, 15) is 0 Å². The van der Waals surface area contributed by atoms with Crippen molar-refractivity contribution in [2.75, 3.05) is 0 Å².